The number of carbonyl (C=O) groups excluding carboxylic acids is 1. The molecule has 1 aromatic rings. The van der Waals surface area contributed by atoms with Crippen molar-refractivity contribution in [2.24, 2.45) is 11.8 Å². The minimum atomic E-state index is -0.365. The van der Waals surface area contributed by atoms with Gasteiger partial charge in [0.2, 0.25) is 0 Å². The second-order valence-electron chi connectivity index (χ2n) is 4.20. The van der Waals surface area contributed by atoms with Gasteiger partial charge in [-0.1, -0.05) is 24.6 Å². The zero-order valence-corrected chi connectivity index (χ0v) is 9.22. The third kappa shape index (κ3) is 2.37. The average Bonchev–Trinajstić information content (AvgIpc) is 2.88. The normalized spacial score (nSPS) is 23.9. The van der Waals surface area contributed by atoms with Crippen molar-refractivity contribution in [2.75, 3.05) is 0 Å². The van der Waals surface area contributed by atoms with Crippen molar-refractivity contribution in [3.05, 3.63) is 34.6 Å². The predicted octanol–water partition coefficient (Wildman–Crippen LogP) is 3.25. The molecule has 2 rings (SSSR count). The van der Waals surface area contributed by atoms with Crippen molar-refractivity contribution >= 4 is 17.4 Å². The van der Waals surface area contributed by atoms with Crippen LogP contribution in [0.1, 0.15) is 18.9 Å². The Kier molecular flexibility index (Phi) is 2.79. The maximum atomic E-state index is 12.7. The van der Waals surface area contributed by atoms with E-state index in [2.05, 4.69) is 6.92 Å². The van der Waals surface area contributed by atoms with Gasteiger partial charge in [0.15, 0.2) is 0 Å². The number of hydrogen-bond donors (Lipinski definition) is 0. The molecule has 15 heavy (non-hydrogen) atoms. The van der Waals surface area contributed by atoms with Crippen molar-refractivity contribution < 1.29 is 9.18 Å². The van der Waals surface area contributed by atoms with Crippen LogP contribution in [0.15, 0.2) is 18.2 Å². The largest absolute Gasteiger partial charge is 0.299 e. The van der Waals surface area contributed by atoms with E-state index in [0.29, 0.717) is 17.4 Å². The number of ketones is 1. The molecule has 2 atom stereocenters. The fourth-order valence-corrected chi connectivity index (χ4v) is 1.99. The topological polar surface area (TPSA) is 17.1 Å². The second kappa shape index (κ2) is 3.93. The highest BCUT2D eigenvalue weighted by Crippen LogP contribution is 2.39. The summed E-state index contributed by atoms with van der Waals surface area (Å²) in [4.78, 5) is 11.7. The molecule has 0 bridgehead atoms. The Bertz CT molecular complexity index is 403. The predicted molar refractivity (Wildman–Crippen MR) is 57.4 cm³/mol. The van der Waals surface area contributed by atoms with Gasteiger partial charge in [0.25, 0.3) is 0 Å². The summed E-state index contributed by atoms with van der Waals surface area (Å²) in [5.74, 6) is 0.565. The van der Waals surface area contributed by atoms with Crippen LogP contribution in [0, 0.1) is 17.7 Å². The van der Waals surface area contributed by atoms with Crippen LogP contribution in [-0.2, 0) is 11.2 Å². The molecule has 0 saturated heterocycles. The zero-order valence-electron chi connectivity index (χ0n) is 8.47. The molecule has 1 nitrogen and oxygen atoms in total. The summed E-state index contributed by atoms with van der Waals surface area (Å²) in [6.07, 6.45) is 1.31. The highest BCUT2D eigenvalue weighted by atomic mass is 35.5. The first-order valence-corrected chi connectivity index (χ1v) is 5.42. The molecular formula is C12H12ClFO. The van der Waals surface area contributed by atoms with Gasteiger partial charge in [-0.2, -0.15) is 0 Å². The van der Waals surface area contributed by atoms with Gasteiger partial charge in [-0.05, 0) is 30.0 Å². The van der Waals surface area contributed by atoms with E-state index < -0.39 is 0 Å². The van der Waals surface area contributed by atoms with Gasteiger partial charge < -0.3 is 0 Å². The fourth-order valence-electron chi connectivity index (χ4n) is 1.75. The fraction of sp³-hybridized carbons (Fsp3) is 0.417. The molecule has 1 aliphatic carbocycles. The number of rotatable bonds is 3. The van der Waals surface area contributed by atoms with Gasteiger partial charge in [0, 0.05) is 17.4 Å². The van der Waals surface area contributed by atoms with Gasteiger partial charge in [0.1, 0.15) is 11.6 Å². The first-order valence-electron chi connectivity index (χ1n) is 5.04. The number of carbonyl (C=O) groups is 1. The van der Waals surface area contributed by atoms with E-state index in [1.807, 2.05) is 0 Å². The highest BCUT2D eigenvalue weighted by Gasteiger charge is 2.38. The van der Waals surface area contributed by atoms with E-state index in [9.17, 15) is 9.18 Å². The SMILES string of the molecule is CC1CC1C(=O)Cc1ccc(F)cc1Cl. The molecule has 0 aliphatic heterocycles. The molecule has 1 aromatic carbocycles. The molecule has 3 heteroatoms. The van der Waals surface area contributed by atoms with Gasteiger partial charge in [-0.3, -0.25) is 4.79 Å². The molecule has 0 spiro atoms. The van der Waals surface area contributed by atoms with Crippen molar-refractivity contribution in [2.45, 2.75) is 19.8 Å². The molecule has 80 valence electrons. The summed E-state index contributed by atoms with van der Waals surface area (Å²) >= 11 is 5.84. The van der Waals surface area contributed by atoms with Crippen molar-refractivity contribution in [3.8, 4) is 0 Å². The minimum absolute atomic E-state index is 0.200. The van der Waals surface area contributed by atoms with E-state index in [0.717, 1.165) is 12.0 Å². The summed E-state index contributed by atoms with van der Waals surface area (Å²) in [5, 5.41) is 0.344. The van der Waals surface area contributed by atoms with E-state index in [1.165, 1.54) is 12.1 Å². The Morgan fingerprint density at radius 2 is 2.27 bits per heavy atom. The van der Waals surface area contributed by atoms with Crippen molar-refractivity contribution in [1.82, 2.24) is 0 Å². The lowest BCUT2D eigenvalue weighted by Gasteiger charge is -2.03. The molecule has 2 unspecified atom stereocenters. The Labute approximate surface area is 93.2 Å². The summed E-state index contributed by atoms with van der Waals surface area (Å²) in [5.41, 5.74) is 0.724. The quantitative estimate of drug-likeness (QED) is 0.773. The first-order chi connectivity index (χ1) is 7.08. The van der Waals surface area contributed by atoms with Crippen molar-refractivity contribution in [1.29, 1.82) is 0 Å². The lowest BCUT2D eigenvalue weighted by atomic mass is 10.1. The van der Waals surface area contributed by atoms with Crippen LogP contribution >= 0.6 is 11.6 Å². The molecule has 1 saturated carbocycles. The molecule has 0 amide bonds. The Morgan fingerprint density at radius 1 is 1.60 bits per heavy atom. The molecule has 1 aliphatic rings. The van der Waals surface area contributed by atoms with Gasteiger partial charge >= 0.3 is 0 Å². The van der Waals surface area contributed by atoms with Crippen LogP contribution in [0.4, 0.5) is 4.39 Å². The molecule has 1 fully saturated rings. The van der Waals surface area contributed by atoms with Crippen LogP contribution in [0.5, 0.6) is 0 Å². The van der Waals surface area contributed by atoms with Crippen LogP contribution in [0.25, 0.3) is 0 Å². The maximum Gasteiger partial charge on any atom is 0.140 e. The highest BCUT2D eigenvalue weighted by molar-refractivity contribution is 6.31. The van der Waals surface area contributed by atoms with Crippen LogP contribution in [-0.4, -0.2) is 5.78 Å². The standard InChI is InChI=1S/C12H12ClFO/c1-7-4-10(7)12(15)5-8-2-3-9(14)6-11(8)13/h2-3,6-7,10H,4-5H2,1H3. The summed E-state index contributed by atoms with van der Waals surface area (Å²) in [7, 11) is 0. The van der Waals surface area contributed by atoms with E-state index in [-0.39, 0.29) is 17.5 Å². The zero-order chi connectivity index (χ0) is 11.0. The summed E-state index contributed by atoms with van der Waals surface area (Å²) < 4.78 is 12.7. The van der Waals surface area contributed by atoms with Crippen LogP contribution in [0.2, 0.25) is 5.02 Å². The number of benzene rings is 1. The van der Waals surface area contributed by atoms with E-state index in [4.69, 9.17) is 11.6 Å². The average molecular weight is 227 g/mol. The second-order valence-corrected chi connectivity index (χ2v) is 4.61. The van der Waals surface area contributed by atoms with Gasteiger partial charge in [0.05, 0.1) is 0 Å². The van der Waals surface area contributed by atoms with E-state index in [1.54, 1.807) is 6.07 Å². The first kappa shape index (κ1) is 10.6. The maximum absolute atomic E-state index is 12.7. The third-order valence-electron chi connectivity index (χ3n) is 2.90. The van der Waals surface area contributed by atoms with Crippen LogP contribution < -0.4 is 0 Å². The monoisotopic (exact) mass is 226 g/mol. The minimum Gasteiger partial charge on any atom is -0.299 e. The van der Waals surface area contributed by atoms with E-state index >= 15 is 0 Å². The van der Waals surface area contributed by atoms with Gasteiger partial charge in [-0.15, -0.1) is 0 Å². The number of Topliss-reactive ketones (excluding diaryl/α,β-unsaturated/α-hetero) is 1. The number of hydrogen-bond acceptors (Lipinski definition) is 1. The lowest BCUT2D eigenvalue weighted by molar-refractivity contribution is -0.119. The Balaban J connectivity index is 2.07. The van der Waals surface area contributed by atoms with Crippen molar-refractivity contribution in [3.63, 3.8) is 0 Å². The number of halogens is 2. The summed E-state index contributed by atoms with van der Waals surface area (Å²) in [6, 6.07) is 4.17. The molecule has 0 aromatic heterocycles. The Hall–Kier alpha value is -0.890. The molecule has 0 radical (unpaired) electrons. The lowest BCUT2D eigenvalue weighted by Crippen LogP contribution is -2.06. The molecule has 0 heterocycles. The Morgan fingerprint density at radius 3 is 2.80 bits per heavy atom. The molecular weight excluding hydrogens is 215 g/mol. The smallest absolute Gasteiger partial charge is 0.140 e. The van der Waals surface area contributed by atoms with Crippen LogP contribution in [0.3, 0.4) is 0 Å². The van der Waals surface area contributed by atoms with Gasteiger partial charge in [-0.25, -0.2) is 4.39 Å². The summed E-state index contributed by atoms with van der Waals surface area (Å²) in [6.45, 7) is 2.06. The molecule has 0 N–H and O–H groups in total. The third-order valence-corrected chi connectivity index (χ3v) is 3.25.